The summed E-state index contributed by atoms with van der Waals surface area (Å²) in [6.45, 7) is 2.35. The van der Waals surface area contributed by atoms with Crippen LogP contribution in [0.3, 0.4) is 0 Å². The van der Waals surface area contributed by atoms with Crippen LogP contribution in [0.1, 0.15) is 10.6 Å². The first-order valence-electron chi connectivity index (χ1n) is 6.99. The van der Waals surface area contributed by atoms with Gasteiger partial charge in [-0.25, -0.2) is 4.98 Å². The van der Waals surface area contributed by atoms with Crippen molar-refractivity contribution < 1.29 is 9.53 Å². The fraction of sp³-hybridized carbons (Fsp3) is 0.176. The van der Waals surface area contributed by atoms with Gasteiger partial charge in [-0.3, -0.25) is 4.79 Å². The van der Waals surface area contributed by atoms with E-state index in [9.17, 15) is 4.79 Å². The van der Waals surface area contributed by atoms with Crippen molar-refractivity contribution in [3.05, 3.63) is 59.1 Å². The Morgan fingerprint density at radius 2 is 2.09 bits per heavy atom. The third kappa shape index (κ3) is 3.69. The summed E-state index contributed by atoms with van der Waals surface area (Å²) in [5, 5.41) is 3.69. The molecule has 0 aliphatic carbocycles. The van der Waals surface area contributed by atoms with Crippen molar-refractivity contribution in [2.24, 2.45) is 0 Å². The van der Waals surface area contributed by atoms with Gasteiger partial charge < -0.3 is 10.1 Å². The van der Waals surface area contributed by atoms with Crippen molar-refractivity contribution in [1.82, 2.24) is 4.98 Å². The number of nitrogens with zero attached hydrogens (tertiary/aromatic N) is 1. The van der Waals surface area contributed by atoms with Gasteiger partial charge in [-0.05, 0) is 36.8 Å². The molecule has 0 atom stereocenters. The minimum atomic E-state index is -0.160. The highest BCUT2D eigenvalue weighted by atomic mass is 32.1. The molecule has 5 heteroatoms. The van der Waals surface area contributed by atoms with Crippen molar-refractivity contribution in [3.8, 4) is 0 Å². The van der Waals surface area contributed by atoms with E-state index in [1.807, 2.05) is 55.5 Å². The van der Waals surface area contributed by atoms with Gasteiger partial charge in [-0.1, -0.05) is 24.3 Å². The molecule has 0 saturated carbocycles. The number of thiazole rings is 1. The molecule has 22 heavy (non-hydrogen) atoms. The van der Waals surface area contributed by atoms with E-state index in [0.717, 1.165) is 26.5 Å². The molecule has 4 nitrogen and oxygen atoms in total. The largest absolute Gasteiger partial charge is 0.364 e. The van der Waals surface area contributed by atoms with Crippen LogP contribution in [0.25, 0.3) is 10.2 Å². The first-order valence-corrected chi connectivity index (χ1v) is 7.81. The van der Waals surface area contributed by atoms with Crippen LogP contribution < -0.4 is 5.32 Å². The van der Waals surface area contributed by atoms with Crippen molar-refractivity contribution >= 4 is 33.1 Å². The van der Waals surface area contributed by atoms with Crippen LogP contribution in [-0.2, 0) is 16.1 Å². The van der Waals surface area contributed by atoms with Gasteiger partial charge in [0.05, 0.1) is 16.8 Å². The van der Waals surface area contributed by atoms with Gasteiger partial charge in [0, 0.05) is 5.69 Å². The number of hydrogen-bond donors (Lipinski definition) is 1. The summed E-state index contributed by atoms with van der Waals surface area (Å²) in [7, 11) is 0. The van der Waals surface area contributed by atoms with Gasteiger partial charge >= 0.3 is 0 Å². The molecule has 1 heterocycles. The molecular weight excluding hydrogens is 296 g/mol. The van der Waals surface area contributed by atoms with Crippen LogP contribution in [0.4, 0.5) is 5.69 Å². The number of para-hydroxylation sites is 1. The average Bonchev–Trinajstić information content (AvgIpc) is 2.90. The molecule has 0 unspecified atom stereocenters. The van der Waals surface area contributed by atoms with Gasteiger partial charge in [0.1, 0.15) is 11.6 Å². The number of hydrogen-bond acceptors (Lipinski definition) is 4. The van der Waals surface area contributed by atoms with Crippen molar-refractivity contribution in [2.75, 3.05) is 11.9 Å². The topological polar surface area (TPSA) is 51.2 Å². The summed E-state index contributed by atoms with van der Waals surface area (Å²) < 4.78 is 6.58. The van der Waals surface area contributed by atoms with E-state index in [4.69, 9.17) is 4.74 Å². The molecule has 1 aromatic heterocycles. The summed E-state index contributed by atoms with van der Waals surface area (Å²) >= 11 is 1.59. The number of carbonyl (C=O) groups excluding carboxylic acids is 1. The molecule has 1 amide bonds. The summed E-state index contributed by atoms with van der Waals surface area (Å²) in [6, 6.07) is 15.6. The van der Waals surface area contributed by atoms with Crippen LogP contribution in [0.15, 0.2) is 48.5 Å². The zero-order valence-electron chi connectivity index (χ0n) is 12.2. The minimum Gasteiger partial charge on any atom is -0.364 e. The predicted molar refractivity (Wildman–Crippen MR) is 89.1 cm³/mol. The molecule has 0 aliphatic rings. The van der Waals surface area contributed by atoms with Crippen molar-refractivity contribution in [3.63, 3.8) is 0 Å². The third-order valence-electron chi connectivity index (χ3n) is 3.10. The minimum absolute atomic E-state index is 0.0177. The Morgan fingerprint density at radius 3 is 2.91 bits per heavy atom. The predicted octanol–water partition coefficient (Wildman–Crippen LogP) is 3.76. The summed E-state index contributed by atoms with van der Waals surface area (Å²) in [4.78, 5) is 16.3. The average molecular weight is 312 g/mol. The smallest absolute Gasteiger partial charge is 0.250 e. The number of benzene rings is 2. The van der Waals surface area contributed by atoms with E-state index in [1.54, 1.807) is 11.3 Å². The SMILES string of the molecule is Cc1cccc(NC(=O)COCc2nc3ccccc3s2)c1. The Kier molecular flexibility index (Phi) is 4.46. The van der Waals surface area contributed by atoms with E-state index in [1.165, 1.54) is 0 Å². The number of aromatic nitrogens is 1. The number of amides is 1. The summed E-state index contributed by atoms with van der Waals surface area (Å²) in [5.41, 5.74) is 2.86. The Morgan fingerprint density at radius 1 is 1.23 bits per heavy atom. The second kappa shape index (κ2) is 6.68. The van der Waals surface area contributed by atoms with Crippen LogP contribution >= 0.6 is 11.3 Å². The highest BCUT2D eigenvalue weighted by Crippen LogP contribution is 2.21. The van der Waals surface area contributed by atoms with Crippen LogP contribution in [0, 0.1) is 6.92 Å². The number of nitrogens with one attached hydrogen (secondary N) is 1. The monoisotopic (exact) mass is 312 g/mol. The lowest BCUT2D eigenvalue weighted by molar-refractivity contribution is -0.121. The maximum Gasteiger partial charge on any atom is 0.250 e. The molecule has 0 saturated heterocycles. The second-order valence-corrected chi connectivity index (χ2v) is 6.10. The van der Waals surface area contributed by atoms with E-state index in [2.05, 4.69) is 10.3 Å². The molecule has 0 radical (unpaired) electrons. The number of rotatable bonds is 5. The zero-order valence-corrected chi connectivity index (χ0v) is 13.0. The lowest BCUT2D eigenvalue weighted by atomic mass is 10.2. The number of aryl methyl sites for hydroxylation is 1. The maximum atomic E-state index is 11.8. The van der Waals surface area contributed by atoms with Crippen molar-refractivity contribution in [2.45, 2.75) is 13.5 Å². The second-order valence-electron chi connectivity index (χ2n) is 4.99. The molecule has 112 valence electrons. The van der Waals surface area contributed by atoms with Gasteiger partial charge in [0.2, 0.25) is 5.91 Å². The lowest BCUT2D eigenvalue weighted by Crippen LogP contribution is -2.18. The third-order valence-corrected chi connectivity index (χ3v) is 4.11. The van der Waals surface area contributed by atoms with Crippen LogP contribution in [0.2, 0.25) is 0 Å². The number of anilines is 1. The Labute approximate surface area is 132 Å². The lowest BCUT2D eigenvalue weighted by Gasteiger charge is -2.06. The van der Waals surface area contributed by atoms with Gasteiger partial charge in [-0.15, -0.1) is 11.3 Å². The Bertz CT molecular complexity index is 765. The number of carbonyl (C=O) groups is 1. The summed E-state index contributed by atoms with van der Waals surface area (Å²) in [6.07, 6.45) is 0. The fourth-order valence-corrected chi connectivity index (χ4v) is 3.04. The van der Waals surface area contributed by atoms with Gasteiger partial charge in [0.25, 0.3) is 0 Å². The standard InChI is InChI=1S/C17H16N2O2S/c1-12-5-4-6-13(9-12)18-16(20)10-21-11-17-19-14-7-2-3-8-15(14)22-17/h2-9H,10-11H2,1H3,(H,18,20). The Hall–Kier alpha value is -2.24. The van der Waals surface area contributed by atoms with Crippen molar-refractivity contribution in [1.29, 1.82) is 0 Å². The molecule has 0 spiro atoms. The number of fused-ring (bicyclic) bond motifs is 1. The highest BCUT2D eigenvalue weighted by molar-refractivity contribution is 7.18. The molecule has 3 rings (SSSR count). The first-order chi connectivity index (χ1) is 10.7. The molecular formula is C17H16N2O2S. The van der Waals surface area contributed by atoms with E-state index in [-0.39, 0.29) is 12.5 Å². The van der Waals surface area contributed by atoms with Gasteiger partial charge in [-0.2, -0.15) is 0 Å². The van der Waals surface area contributed by atoms with E-state index < -0.39 is 0 Å². The van der Waals surface area contributed by atoms with Crippen LogP contribution in [-0.4, -0.2) is 17.5 Å². The zero-order chi connectivity index (χ0) is 15.4. The first kappa shape index (κ1) is 14.7. The molecule has 0 aliphatic heterocycles. The Balaban J connectivity index is 1.51. The quantitative estimate of drug-likeness (QED) is 0.780. The highest BCUT2D eigenvalue weighted by Gasteiger charge is 2.06. The molecule has 0 fully saturated rings. The number of ether oxygens (including phenoxy) is 1. The fourth-order valence-electron chi connectivity index (χ4n) is 2.13. The van der Waals surface area contributed by atoms with E-state index >= 15 is 0 Å². The van der Waals surface area contributed by atoms with E-state index in [0.29, 0.717) is 6.61 Å². The molecule has 2 aromatic carbocycles. The molecule has 3 aromatic rings. The van der Waals surface area contributed by atoms with Gasteiger partial charge in [0.15, 0.2) is 0 Å². The maximum absolute atomic E-state index is 11.8. The molecule has 0 bridgehead atoms. The molecule has 1 N–H and O–H groups in total. The normalized spacial score (nSPS) is 10.8. The van der Waals surface area contributed by atoms with Crippen LogP contribution in [0.5, 0.6) is 0 Å². The summed E-state index contributed by atoms with van der Waals surface area (Å²) in [5.74, 6) is -0.160.